The second-order valence-electron chi connectivity index (χ2n) is 7.43. The highest BCUT2D eigenvalue weighted by atomic mass is 35.5. The molecule has 0 saturated heterocycles. The van der Waals surface area contributed by atoms with E-state index in [1.165, 1.54) is 24.3 Å². The van der Waals surface area contributed by atoms with Gasteiger partial charge in [0.15, 0.2) is 6.61 Å². The first-order valence-corrected chi connectivity index (χ1v) is 10.7. The molecule has 1 aromatic heterocycles. The van der Waals surface area contributed by atoms with E-state index in [1.807, 2.05) is 0 Å². The zero-order valence-electron chi connectivity index (χ0n) is 18.2. The molecule has 2 aromatic carbocycles. The Morgan fingerprint density at radius 2 is 1.82 bits per heavy atom. The van der Waals surface area contributed by atoms with Crippen molar-refractivity contribution in [2.75, 3.05) is 26.4 Å². The second kappa shape index (κ2) is 11.0. The number of hydrogen-bond donors (Lipinski definition) is 5. The van der Waals surface area contributed by atoms with E-state index in [4.69, 9.17) is 26.6 Å². The molecule has 11 heteroatoms. The summed E-state index contributed by atoms with van der Waals surface area (Å²) in [4.78, 5) is 35.7. The lowest BCUT2D eigenvalue weighted by molar-refractivity contribution is -0.123. The van der Waals surface area contributed by atoms with E-state index < -0.39 is 23.8 Å². The number of amides is 2. The van der Waals surface area contributed by atoms with Gasteiger partial charge in [0.1, 0.15) is 11.4 Å². The van der Waals surface area contributed by atoms with E-state index in [9.17, 15) is 19.5 Å². The van der Waals surface area contributed by atoms with E-state index in [0.29, 0.717) is 22.2 Å². The maximum Gasteiger partial charge on any atom is 0.335 e. The number of aliphatic hydroxyl groups excluding tert-OH is 2. The summed E-state index contributed by atoms with van der Waals surface area (Å²) in [6.45, 7) is -0.743. The van der Waals surface area contributed by atoms with Crippen molar-refractivity contribution < 1.29 is 34.4 Å². The van der Waals surface area contributed by atoms with Gasteiger partial charge in [-0.25, -0.2) is 4.79 Å². The number of nitrogens with zero attached hydrogens (tertiary/aromatic N) is 1. The van der Waals surface area contributed by atoms with Crippen LogP contribution in [-0.2, 0) is 11.8 Å². The van der Waals surface area contributed by atoms with Gasteiger partial charge in [-0.1, -0.05) is 23.7 Å². The van der Waals surface area contributed by atoms with Crippen molar-refractivity contribution >= 4 is 40.3 Å². The fourth-order valence-corrected chi connectivity index (χ4v) is 3.61. The van der Waals surface area contributed by atoms with Gasteiger partial charge in [-0.15, -0.1) is 0 Å². The molecule has 10 nitrogen and oxygen atoms in total. The van der Waals surface area contributed by atoms with Crippen LogP contribution in [0.5, 0.6) is 5.75 Å². The number of aromatic carboxylic acids is 1. The van der Waals surface area contributed by atoms with Crippen molar-refractivity contribution in [2.45, 2.75) is 6.04 Å². The normalized spacial score (nSPS) is 11.8. The zero-order valence-corrected chi connectivity index (χ0v) is 19.0. The molecule has 34 heavy (non-hydrogen) atoms. The summed E-state index contributed by atoms with van der Waals surface area (Å²) in [5.74, 6) is -1.68. The molecule has 0 aliphatic rings. The summed E-state index contributed by atoms with van der Waals surface area (Å²) in [6.07, 6.45) is 0. The van der Waals surface area contributed by atoms with Crippen molar-refractivity contribution in [2.24, 2.45) is 7.05 Å². The Morgan fingerprint density at radius 3 is 2.44 bits per heavy atom. The molecule has 0 fully saturated rings. The van der Waals surface area contributed by atoms with Crippen molar-refractivity contribution in [3.8, 4) is 5.75 Å². The van der Waals surface area contributed by atoms with Gasteiger partial charge in [0.25, 0.3) is 11.8 Å². The standard InChI is InChI=1S/C23H24ClN3O7/c1-27-18-10-20(34-12-21(30)25-6-7-28)16(24)8-15(18)9-19(27)22(31)26-17(11-29)13-2-4-14(5-3-13)23(32)33/h2-5,8-10,17,28-29H,6-7,11-12H2,1H3,(H,25,30)(H,26,31)(H,32,33)/t17-/m1/s1. The molecule has 0 aliphatic heterocycles. The lowest BCUT2D eigenvalue weighted by Gasteiger charge is -2.17. The average molecular weight is 490 g/mol. The van der Waals surface area contributed by atoms with Crippen LogP contribution in [0.15, 0.2) is 42.5 Å². The van der Waals surface area contributed by atoms with Crippen LogP contribution in [0.2, 0.25) is 5.02 Å². The van der Waals surface area contributed by atoms with Crippen LogP contribution in [0.1, 0.15) is 32.5 Å². The SMILES string of the molecule is Cn1c(C(=O)N[C@H](CO)c2ccc(C(=O)O)cc2)cc2cc(Cl)c(OCC(=O)NCCO)cc21. The monoisotopic (exact) mass is 489 g/mol. The molecule has 180 valence electrons. The van der Waals surface area contributed by atoms with Gasteiger partial charge in [-0.3, -0.25) is 9.59 Å². The Bertz CT molecular complexity index is 1210. The largest absolute Gasteiger partial charge is 0.482 e. The summed E-state index contributed by atoms with van der Waals surface area (Å²) in [6, 6.07) is 9.99. The van der Waals surface area contributed by atoms with Crippen LogP contribution in [0.25, 0.3) is 10.9 Å². The van der Waals surface area contributed by atoms with Gasteiger partial charge < -0.3 is 35.3 Å². The molecule has 3 aromatic rings. The second-order valence-corrected chi connectivity index (χ2v) is 7.84. The number of carboxylic acid groups (broad SMARTS) is 1. The quantitative estimate of drug-likeness (QED) is 0.289. The first kappa shape index (κ1) is 25.0. The Hall–Kier alpha value is -3.60. The minimum Gasteiger partial charge on any atom is -0.482 e. The number of carbonyl (C=O) groups excluding carboxylic acids is 2. The summed E-state index contributed by atoms with van der Waals surface area (Å²) in [5, 5.41) is 33.7. The number of rotatable bonds is 10. The minimum atomic E-state index is -1.07. The van der Waals surface area contributed by atoms with Gasteiger partial charge in [-0.2, -0.15) is 0 Å². The smallest absolute Gasteiger partial charge is 0.335 e. The first-order valence-electron chi connectivity index (χ1n) is 10.3. The number of ether oxygens (including phenoxy) is 1. The van der Waals surface area contributed by atoms with Crippen LogP contribution in [0.4, 0.5) is 0 Å². The molecular weight excluding hydrogens is 466 g/mol. The first-order chi connectivity index (χ1) is 16.2. The number of carboxylic acids is 1. The number of fused-ring (bicyclic) bond motifs is 1. The lowest BCUT2D eigenvalue weighted by atomic mass is 10.1. The summed E-state index contributed by atoms with van der Waals surface area (Å²) in [5.41, 5.74) is 1.58. The Balaban J connectivity index is 1.79. The maximum atomic E-state index is 13.0. The third-order valence-corrected chi connectivity index (χ3v) is 5.46. The predicted octanol–water partition coefficient (Wildman–Crippen LogP) is 1.48. The molecule has 3 rings (SSSR count). The predicted molar refractivity (Wildman–Crippen MR) is 124 cm³/mol. The van der Waals surface area contributed by atoms with E-state index in [-0.39, 0.29) is 42.7 Å². The number of hydrogen-bond acceptors (Lipinski definition) is 6. The number of nitrogens with one attached hydrogen (secondary N) is 2. The summed E-state index contributed by atoms with van der Waals surface area (Å²) in [7, 11) is 1.68. The molecule has 0 aliphatic carbocycles. The van der Waals surface area contributed by atoms with Gasteiger partial charge in [0, 0.05) is 25.0 Å². The maximum absolute atomic E-state index is 13.0. The molecule has 0 bridgehead atoms. The van der Waals surface area contributed by atoms with Crippen molar-refractivity contribution in [1.29, 1.82) is 0 Å². The van der Waals surface area contributed by atoms with E-state index in [1.54, 1.807) is 29.8 Å². The molecule has 0 unspecified atom stereocenters. The van der Waals surface area contributed by atoms with Gasteiger partial charge in [0.05, 0.1) is 35.4 Å². The molecule has 5 N–H and O–H groups in total. The van der Waals surface area contributed by atoms with Crippen LogP contribution in [0.3, 0.4) is 0 Å². The highest BCUT2D eigenvalue weighted by Gasteiger charge is 2.20. The van der Waals surface area contributed by atoms with Crippen molar-refractivity contribution in [3.63, 3.8) is 0 Å². The highest BCUT2D eigenvalue weighted by molar-refractivity contribution is 6.33. The molecule has 0 saturated carbocycles. The van der Waals surface area contributed by atoms with Crippen molar-refractivity contribution in [1.82, 2.24) is 15.2 Å². The number of carbonyl (C=O) groups is 3. The third-order valence-electron chi connectivity index (χ3n) is 5.17. The number of aliphatic hydroxyl groups is 2. The van der Waals surface area contributed by atoms with Crippen LogP contribution in [0, 0.1) is 0 Å². The van der Waals surface area contributed by atoms with Crippen molar-refractivity contribution in [3.05, 3.63) is 64.3 Å². The third kappa shape index (κ3) is 5.66. The number of aromatic nitrogens is 1. The minimum absolute atomic E-state index is 0.0984. The molecule has 1 heterocycles. The lowest BCUT2D eigenvalue weighted by Crippen LogP contribution is -2.32. The van der Waals surface area contributed by atoms with E-state index in [0.717, 1.165) is 0 Å². The van der Waals surface area contributed by atoms with Crippen LogP contribution in [-0.4, -0.2) is 64.0 Å². The van der Waals surface area contributed by atoms with Crippen LogP contribution >= 0.6 is 11.6 Å². The van der Waals surface area contributed by atoms with Gasteiger partial charge >= 0.3 is 5.97 Å². The molecule has 1 atom stereocenters. The number of halogens is 1. The average Bonchev–Trinajstić information content (AvgIpc) is 3.14. The molecule has 0 radical (unpaired) electrons. The summed E-state index contributed by atoms with van der Waals surface area (Å²) < 4.78 is 7.11. The molecule has 2 amide bonds. The molecule has 0 spiro atoms. The highest BCUT2D eigenvalue weighted by Crippen LogP contribution is 2.32. The number of aryl methyl sites for hydroxylation is 1. The number of benzene rings is 2. The zero-order chi connectivity index (χ0) is 24.8. The Kier molecular flexibility index (Phi) is 8.11. The summed E-state index contributed by atoms with van der Waals surface area (Å²) >= 11 is 6.27. The van der Waals surface area contributed by atoms with Gasteiger partial charge in [0.2, 0.25) is 0 Å². The van der Waals surface area contributed by atoms with Gasteiger partial charge in [-0.05, 0) is 29.8 Å². The van der Waals surface area contributed by atoms with Crippen LogP contribution < -0.4 is 15.4 Å². The fraction of sp³-hybridized carbons (Fsp3) is 0.261. The Labute approximate surface area is 199 Å². The molecular formula is C23H24ClN3O7. The van der Waals surface area contributed by atoms with E-state index >= 15 is 0 Å². The van der Waals surface area contributed by atoms with E-state index in [2.05, 4.69) is 10.6 Å². The Morgan fingerprint density at radius 1 is 1.12 bits per heavy atom. The topological polar surface area (TPSA) is 150 Å². The fourth-order valence-electron chi connectivity index (χ4n) is 3.38.